The fraction of sp³-hybridized carbons (Fsp3) is 0.333. The molecule has 8 heteroatoms. The van der Waals surface area contributed by atoms with Crippen molar-refractivity contribution in [3.05, 3.63) is 34.0 Å². The average Bonchev–Trinajstić information content (AvgIpc) is 3.27. The van der Waals surface area contributed by atoms with Crippen molar-refractivity contribution in [2.24, 2.45) is 0 Å². The lowest BCUT2D eigenvalue weighted by molar-refractivity contribution is 0.103. The molecule has 1 aliphatic heterocycles. The predicted molar refractivity (Wildman–Crippen MR) is 108 cm³/mol. The molecule has 1 amide bonds. The van der Waals surface area contributed by atoms with E-state index in [2.05, 4.69) is 26.6 Å². The number of methoxy groups -OCH3 is 1. The molecular formula is C18H20N4O2S2. The van der Waals surface area contributed by atoms with E-state index in [-0.39, 0.29) is 5.91 Å². The van der Waals surface area contributed by atoms with E-state index < -0.39 is 0 Å². The summed E-state index contributed by atoms with van der Waals surface area (Å²) in [6.45, 7) is 5.83. The minimum Gasteiger partial charge on any atom is -0.494 e. The quantitative estimate of drug-likeness (QED) is 0.718. The van der Waals surface area contributed by atoms with Crippen LogP contribution in [0.2, 0.25) is 0 Å². The molecule has 3 heterocycles. The van der Waals surface area contributed by atoms with Crippen LogP contribution in [0.25, 0.3) is 10.2 Å². The van der Waals surface area contributed by atoms with Gasteiger partial charge in [-0.15, -0.1) is 11.3 Å². The Bertz CT molecular complexity index is 944. The number of piperazine rings is 1. The summed E-state index contributed by atoms with van der Waals surface area (Å²) in [5.74, 6) is 0.604. The van der Waals surface area contributed by atoms with Gasteiger partial charge in [-0.3, -0.25) is 10.1 Å². The van der Waals surface area contributed by atoms with Gasteiger partial charge in [-0.2, -0.15) is 0 Å². The van der Waals surface area contributed by atoms with E-state index >= 15 is 0 Å². The molecule has 0 radical (unpaired) electrons. The van der Waals surface area contributed by atoms with Gasteiger partial charge < -0.3 is 15.0 Å². The zero-order valence-electron chi connectivity index (χ0n) is 14.7. The average molecular weight is 389 g/mol. The zero-order chi connectivity index (χ0) is 18.1. The van der Waals surface area contributed by atoms with Gasteiger partial charge in [0, 0.05) is 31.1 Å². The number of carbonyl (C=O) groups excluding carboxylic acids is 1. The molecule has 0 atom stereocenters. The summed E-state index contributed by atoms with van der Waals surface area (Å²) < 4.78 is 6.52. The number of thiazole rings is 1. The molecule has 0 aliphatic carbocycles. The van der Waals surface area contributed by atoms with Crippen molar-refractivity contribution in [3.8, 4) is 5.75 Å². The number of carbonyl (C=O) groups is 1. The first-order chi connectivity index (χ1) is 12.7. The second kappa shape index (κ2) is 7.22. The number of aromatic nitrogens is 1. The maximum Gasteiger partial charge on any atom is 0.267 e. The largest absolute Gasteiger partial charge is 0.494 e. The Morgan fingerprint density at radius 1 is 1.23 bits per heavy atom. The molecule has 1 aromatic carbocycles. The molecular weight excluding hydrogens is 368 g/mol. The van der Waals surface area contributed by atoms with Crippen molar-refractivity contribution >= 4 is 49.6 Å². The summed E-state index contributed by atoms with van der Waals surface area (Å²) in [4.78, 5) is 21.3. The topological polar surface area (TPSA) is 66.5 Å². The van der Waals surface area contributed by atoms with Crippen LogP contribution in [0.1, 0.15) is 14.5 Å². The van der Waals surface area contributed by atoms with E-state index in [9.17, 15) is 4.79 Å². The molecule has 4 rings (SSSR count). The Balaban J connectivity index is 1.69. The molecule has 136 valence electrons. The Hall–Kier alpha value is -2.16. The van der Waals surface area contributed by atoms with Crippen molar-refractivity contribution in [2.45, 2.75) is 6.92 Å². The highest BCUT2D eigenvalue weighted by Gasteiger charge is 2.20. The standard InChI is InChI=1S/C18H20N4O2S2/c1-11-3-6-14(25-11)17(23)21-18-20-15-13(24-2)5-4-12(16(15)26-18)22-9-7-19-8-10-22/h3-6,19H,7-10H2,1-2H3,(H,20,21,23). The molecule has 6 nitrogen and oxygen atoms in total. The van der Waals surface area contributed by atoms with Crippen molar-refractivity contribution in [2.75, 3.05) is 43.5 Å². The van der Waals surface area contributed by atoms with Crippen LogP contribution in [-0.4, -0.2) is 44.2 Å². The van der Waals surface area contributed by atoms with Crippen molar-refractivity contribution < 1.29 is 9.53 Å². The van der Waals surface area contributed by atoms with Crippen LogP contribution in [0, 0.1) is 6.92 Å². The van der Waals surface area contributed by atoms with Gasteiger partial charge in [0.05, 0.1) is 22.4 Å². The fourth-order valence-corrected chi connectivity index (χ4v) is 4.84. The van der Waals surface area contributed by atoms with Crippen LogP contribution < -0.4 is 20.3 Å². The molecule has 0 spiro atoms. The summed E-state index contributed by atoms with van der Waals surface area (Å²) in [6, 6.07) is 7.82. The highest BCUT2D eigenvalue weighted by molar-refractivity contribution is 7.23. The smallest absolute Gasteiger partial charge is 0.267 e. The van der Waals surface area contributed by atoms with Gasteiger partial charge in [-0.05, 0) is 31.2 Å². The zero-order valence-corrected chi connectivity index (χ0v) is 16.3. The van der Waals surface area contributed by atoms with Crippen LogP contribution >= 0.6 is 22.7 Å². The van der Waals surface area contributed by atoms with E-state index in [0.717, 1.165) is 52.7 Å². The van der Waals surface area contributed by atoms with Crippen LogP contribution in [0.3, 0.4) is 0 Å². The van der Waals surface area contributed by atoms with Crippen LogP contribution in [0.4, 0.5) is 10.8 Å². The maximum absolute atomic E-state index is 12.5. The third-order valence-electron chi connectivity index (χ3n) is 4.35. The Morgan fingerprint density at radius 3 is 2.73 bits per heavy atom. The number of thiophene rings is 1. The third-order valence-corrected chi connectivity index (χ3v) is 6.34. The molecule has 1 fully saturated rings. The van der Waals surface area contributed by atoms with E-state index in [1.807, 2.05) is 25.1 Å². The van der Waals surface area contributed by atoms with Crippen molar-refractivity contribution in [1.82, 2.24) is 10.3 Å². The van der Waals surface area contributed by atoms with Gasteiger partial charge in [0.25, 0.3) is 5.91 Å². The molecule has 26 heavy (non-hydrogen) atoms. The first kappa shape index (κ1) is 17.3. The molecule has 0 unspecified atom stereocenters. The number of amides is 1. The number of aryl methyl sites for hydroxylation is 1. The summed E-state index contributed by atoms with van der Waals surface area (Å²) in [6.07, 6.45) is 0. The summed E-state index contributed by atoms with van der Waals surface area (Å²) in [5, 5.41) is 6.90. The van der Waals surface area contributed by atoms with Crippen LogP contribution in [0.15, 0.2) is 24.3 Å². The molecule has 2 N–H and O–H groups in total. The highest BCUT2D eigenvalue weighted by Crippen LogP contribution is 2.39. The Morgan fingerprint density at radius 2 is 2.04 bits per heavy atom. The minimum absolute atomic E-state index is 0.121. The fourth-order valence-electron chi connectivity index (χ4n) is 3.06. The Labute approximate surface area is 159 Å². The monoisotopic (exact) mass is 388 g/mol. The van der Waals surface area contributed by atoms with Crippen molar-refractivity contribution in [1.29, 1.82) is 0 Å². The second-order valence-electron chi connectivity index (χ2n) is 6.09. The molecule has 0 saturated carbocycles. The van der Waals surface area contributed by atoms with Crippen LogP contribution in [-0.2, 0) is 0 Å². The van der Waals surface area contributed by atoms with E-state index in [0.29, 0.717) is 10.0 Å². The van der Waals surface area contributed by atoms with Gasteiger partial charge in [0.2, 0.25) is 0 Å². The number of rotatable bonds is 4. The van der Waals surface area contributed by atoms with Gasteiger partial charge in [0.1, 0.15) is 11.3 Å². The summed E-state index contributed by atoms with van der Waals surface area (Å²) >= 11 is 2.98. The van der Waals surface area contributed by atoms with E-state index in [1.54, 1.807) is 7.11 Å². The first-order valence-electron chi connectivity index (χ1n) is 8.46. The van der Waals surface area contributed by atoms with Gasteiger partial charge >= 0.3 is 0 Å². The third kappa shape index (κ3) is 3.27. The summed E-state index contributed by atoms with van der Waals surface area (Å²) in [5.41, 5.74) is 1.94. The lowest BCUT2D eigenvalue weighted by atomic mass is 10.2. The number of anilines is 2. The number of hydrogen-bond donors (Lipinski definition) is 2. The normalized spacial score (nSPS) is 14.6. The minimum atomic E-state index is -0.121. The van der Waals surface area contributed by atoms with Gasteiger partial charge in [0.15, 0.2) is 5.13 Å². The van der Waals surface area contributed by atoms with Gasteiger partial charge in [-0.25, -0.2) is 4.98 Å². The molecule has 0 bridgehead atoms. The number of ether oxygens (including phenoxy) is 1. The lowest BCUT2D eigenvalue weighted by Gasteiger charge is -2.29. The first-order valence-corrected chi connectivity index (χ1v) is 10.1. The number of nitrogens with one attached hydrogen (secondary N) is 2. The number of nitrogens with zero attached hydrogens (tertiary/aromatic N) is 2. The molecule has 1 aliphatic rings. The van der Waals surface area contributed by atoms with Gasteiger partial charge in [-0.1, -0.05) is 11.3 Å². The summed E-state index contributed by atoms with van der Waals surface area (Å²) in [7, 11) is 1.64. The SMILES string of the molecule is COc1ccc(N2CCNCC2)c2sc(NC(=O)c3ccc(C)s3)nc12. The lowest BCUT2D eigenvalue weighted by Crippen LogP contribution is -2.43. The van der Waals surface area contributed by atoms with E-state index in [4.69, 9.17) is 4.74 Å². The number of hydrogen-bond acceptors (Lipinski definition) is 7. The number of benzene rings is 1. The maximum atomic E-state index is 12.5. The van der Waals surface area contributed by atoms with Crippen LogP contribution in [0.5, 0.6) is 5.75 Å². The molecule has 1 saturated heterocycles. The molecule has 3 aromatic rings. The predicted octanol–water partition coefficient (Wildman–Crippen LogP) is 3.34. The highest BCUT2D eigenvalue weighted by atomic mass is 32.1. The second-order valence-corrected chi connectivity index (χ2v) is 8.37. The van der Waals surface area contributed by atoms with Crippen molar-refractivity contribution in [3.63, 3.8) is 0 Å². The Kier molecular flexibility index (Phi) is 4.80. The number of fused-ring (bicyclic) bond motifs is 1. The van der Waals surface area contributed by atoms with E-state index in [1.165, 1.54) is 22.7 Å². The molecule has 2 aromatic heterocycles.